The molecule has 1 atom stereocenters. The third-order valence-corrected chi connectivity index (χ3v) is 3.76. The number of ether oxygens (including phenoxy) is 1. The Hall–Kier alpha value is -0.670. The van der Waals surface area contributed by atoms with Gasteiger partial charge in [0.15, 0.2) is 0 Å². The molecule has 1 unspecified atom stereocenters. The zero-order valence-electron chi connectivity index (χ0n) is 11.0. The maximum Gasteiger partial charge on any atom is 0.123 e. The van der Waals surface area contributed by atoms with E-state index in [4.69, 9.17) is 4.74 Å². The third kappa shape index (κ3) is 5.46. The van der Waals surface area contributed by atoms with Crippen LogP contribution < -0.4 is 10.1 Å². The molecule has 1 rings (SSSR count). The molecular weight excluding hydrogens is 230 g/mol. The van der Waals surface area contributed by atoms with Gasteiger partial charge in [0, 0.05) is 17.4 Å². The summed E-state index contributed by atoms with van der Waals surface area (Å²) in [6, 6.07) is 8.23. The maximum absolute atomic E-state index is 5.59. The molecular formula is C14H23NOS. The fourth-order valence-electron chi connectivity index (χ4n) is 1.59. The van der Waals surface area contributed by atoms with Crippen LogP contribution in [0.4, 0.5) is 0 Å². The lowest BCUT2D eigenvalue weighted by Gasteiger charge is -2.12. The van der Waals surface area contributed by atoms with Crippen LogP contribution in [0.3, 0.4) is 0 Å². The van der Waals surface area contributed by atoms with Gasteiger partial charge in [-0.15, -0.1) is 0 Å². The van der Waals surface area contributed by atoms with Gasteiger partial charge >= 0.3 is 0 Å². The molecule has 0 aliphatic heterocycles. The maximum atomic E-state index is 5.59. The summed E-state index contributed by atoms with van der Waals surface area (Å²) in [5.74, 6) is 1.00. The summed E-state index contributed by atoms with van der Waals surface area (Å²) in [5.41, 5.74) is 1.24. The minimum Gasteiger partial charge on any atom is -0.494 e. The van der Waals surface area contributed by atoms with E-state index in [0.717, 1.165) is 30.7 Å². The van der Waals surface area contributed by atoms with Crippen LogP contribution in [-0.4, -0.2) is 24.7 Å². The van der Waals surface area contributed by atoms with Crippen LogP contribution in [0.5, 0.6) is 5.75 Å². The molecule has 0 aliphatic rings. The predicted molar refractivity (Wildman–Crippen MR) is 76.9 cm³/mol. The van der Waals surface area contributed by atoms with Crippen molar-refractivity contribution in [3.05, 3.63) is 29.8 Å². The highest BCUT2D eigenvalue weighted by Gasteiger charge is 2.02. The zero-order valence-corrected chi connectivity index (χ0v) is 11.8. The summed E-state index contributed by atoms with van der Waals surface area (Å²) in [5, 5.41) is 4.20. The summed E-state index contributed by atoms with van der Waals surface area (Å²) in [6.45, 7) is 6.95. The Kier molecular flexibility index (Phi) is 7.13. The largest absolute Gasteiger partial charge is 0.494 e. The van der Waals surface area contributed by atoms with E-state index < -0.39 is 0 Å². The third-order valence-electron chi connectivity index (χ3n) is 2.72. The summed E-state index contributed by atoms with van der Waals surface area (Å²) >= 11 is 1.92. The standard InChI is InChI=1S/C14H23NOS/c1-4-16-14-8-6-5-7-13(14)11-15-10-9-12(2)17-3/h5-8,12,15H,4,9-11H2,1-3H3. The molecule has 1 aromatic carbocycles. The van der Waals surface area contributed by atoms with E-state index in [2.05, 4.69) is 30.6 Å². The first-order valence-electron chi connectivity index (χ1n) is 6.22. The van der Waals surface area contributed by atoms with Gasteiger partial charge in [-0.1, -0.05) is 25.1 Å². The number of para-hydroxylation sites is 1. The summed E-state index contributed by atoms with van der Waals surface area (Å²) in [7, 11) is 0. The first-order valence-corrected chi connectivity index (χ1v) is 7.51. The monoisotopic (exact) mass is 253 g/mol. The van der Waals surface area contributed by atoms with Crippen LogP contribution in [0.25, 0.3) is 0 Å². The highest BCUT2D eigenvalue weighted by molar-refractivity contribution is 7.99. The fraction of sp³-hybridized carbons (Fsp3) is 0.571. The lowest BCUT2D eigenvalue weighted by atomic mass is 10.2. The van der Waals surface area contributed by atoms with Crippen molar-refractivity contribution in [2.45, 2.75) is 32.1 Å². The van der Waals surface area contributed by atoms with Gasteiger partial charge < -0.3 is 10.1 Å². The molecule has 0 bridgehead atoms. The highest BCUT2D eigenvalue weighted by atomic mass is 32.2. The van der Waals surface area contributed by atoms with E-state index in [1.807, 2.05) is 30.8 Å². The van der Waals surface area contributed by atoms with Gasteiger partial charge in [-0.25, -0.2) is 0 Å². The minimum atomic E-state index is 0.723. The van der Waals surface area contributed by atoms with Crippen molar-refractivity contribution in [3.8, 4) is 5.75 Å². The molecule has 1 N–H and O–H groups in total. The van der Waals surface area contributed by atoms with Gasteiger partial charge in [-0.2, -0.15) is 11.8 Å². The van der Waals surface area contributed by atoms with Crippen molar-refractivity contribution in [1.82, 2.24) is 5.32 Å². The number of benzene rings is 1. The summed E-state index contributed by atoms with van der Waals surface area (Å²) in [4.78, 5) is 0. The van der Waals surface area contributed by atoms with Gasteiger partial charge in [0.05, 0.1) is 6.61 Å². The smallest absolute Gasteiger partial charge is 0.123 e. The number of rotatable bonds is 8. The van der Waals surface area contributed by atoms with Crippen LogP contribution in [0.2, 0.25) is 0 Å². The first-order chi connectivity index (χ1) is 8.27. The number of nitrogens with one attached hydrogen (secondary N) is 1. The lowest BCUT2D eigenvalue weighted by Crippen LogP contribution is -2.18. The van der Waals surface area contributed by atoms with Crippen LogP contribution in [-0.2, 0) is 6.54 Å². The molecule has 0 amide bonds. The SMILES string of the molecule is CCOc1ccccc1CNCCC(C)SC. The lowest BCUT2D eigenvalue weighted by molar-refractivity contribution is 0.335. The van der Waals surface area contributed by atoms with E-state index >= 15 is 0 Å². The molecule has 96 valence electrons. The fourth-order valence-corrected chi connectivity index (χ4v) is 1.95. The molecule has 0 fully saturated rings. The van der Waals surface area contributed by atoms with Crippen molar-refractivity contribution in [2.75, 3.05) is 19.4 Å². The molecule has 0 saturated heterocycles. The molecule has 0 saturated carbocycles. The van der Waals surface area contributed by atoms with Gasteiger partial charge in [-0.05, 0) is 32.2 Å². The molecule has 0 heterocycles. The highest BCUT2D eigenvalue weighted by Crippen LogP contribution is 2.17. The van der Waals surface area contributed by atoms with Crippen LogP contribution in [0, 0.1) is 0 Å². The van der Waals surface area contributed by atoms with E-state index in [-0.39, 0.29) is 0 Å². The Morgan fingerprint density at radius 3 is 2.82 bits per heavy atom. The molecule has 1 aromatic rings. The number of hydrogen-bond acceptors (Lipinski definition) is 3. The second-order valence-corrected chi connectivity index (χ2v) is 5.33. The first kappa shape index (κ1) is 14.4. The summed E-state index contributed by atoms with van der Waals surface area (Å²) < 4.78 is 5.59. The Morgan fingerprint density at radius 2 is 2.12 bits per heavy atom. The van der Waals surface area contributed by atoms with E-state index in [1.165, 1.54) is 12.0 Å². The Labute approximate surface area is 109 Å². The van der Waals surface area contributed by atoms with Gasteiger partial charge in [0.25, 0.3) is 0 Å². The van der Waals surface area contributed by atoms with E-state index in [0.29, 0.717) is 0 Å². The average Bonchev–Trinajstić information content (AvgIpc) is 2.36. The molecule has 3 heteroatoms. The zero-order chi connectivity index (χ0) is 12.5. The second kappa shape index (κ2) is 8.43. The Morgan fingerprint density at radius 1 is 1.35 bits per heavy atom. The van der Waals surface area contributed by atoms with Crippen molar-refractivity contribution in [1.29, 1.82) is 0 Å². The van der Waals surface area contributed by atoms with Crippen LogP contribution >= 0.6 is 11.8 Å². The number of thioether (sulfide) groups is 1. The van der Waals surface area contributed by atoms with Gasteiger partial charge in [0.1, 0.15) is 5.75 Å². The van der Waals surface area contributed by atoms with Crippen molar-refractivity contribution in [2.24, 2.45) is 0 Å². The molecule has 0 aliphatic carbocycles. The second-order valence-electron chi connectivity index (χ2n) is 4.05. The van der Waals surface area contributed by atoms with Crippen molar-refractivity contribution >= 4 is 11.8 Å². The van der Waals surface area contributed by atoms with Gasteiger partial charge in [-0.3, -0.25) is 0 Å². The van der Waals surface area contributed by atoms with Crippen molar-refractivity contribution in [3.63, 3.8) is 0 Å². The van der Waals surface area contributed by atoms with E-state index in [1.54, 1.807) is 0 Å². The van der Waals surface area contributed by atoms with Crippen molar-refractivity contribution < 1.29 is 4.74 Å². The average molecular weight is 253 g/mol. The molecule has 2 nitrogen and oxygen atoms in total. The normalized spacial score (nSPS) is 12.4. The Balaban J connectivity index is 2.35. The molecule has 0 spiro atoms. The molecule has 17 heavy (non-hydrogen) atoms. The van der Waals surface area contributed by atoms with Gasteiger partial charge in [0.2, 0.25) is 0 Å². The number of hydrogen-bond donors (Lipinski definition) is 1. The minimum absolute atomic E-state index is 0.723. The van der Waals surface area contributed by atoms with E-state index in [9.17, 15) is 0 Å². The summed E-state index contributed by atoms with van der Waals surface area (Å²) in [6.07, 6.45) is 3.37. The Bertz CT molecular complexity index is 317. The molecule has 0 aromatic heterocycles. The quantitative estimate of drug-likeness (QED) is 0.718. The van der Waals surface area contributed by atoms with Crippen LogP contribution in [0.1, 0.15) is 25.8 Å². The predicted octanol–water partition coefficient (Wildman–Crippen LogP) is 3.32. The topological polar surface area (TPSA) is 21.3 Å². The van der Waals surface area contributed by atoms with Crippen LogP contribution in [0.15, 0.2) is 24.3 Å². The molecule has 0 radical (unpaired) electrons.